The molecule has 0 bridgehead atoms. The molecule has 0 saturated carbocycles. The first-order chi connectivity index (χ1) is 8.96. The smallest absolute Gasteiger partial charge is 0.272 e. The molecule has 1 unspecified atom stereocenters. The van der Waals surface area contributed by atoms with E-state index < -0.39 is 5.41 Å². The molecule has 0 radical (unpaired) electrons. The SMILES string of the molecule is CNC(=O)C1(C)CCN(C(=O)c2ccc(N)cn2)C1. The molecule has 0 spiro atoms. The number of likely N-dealkylation sites (tertiary alicyclic amines) is 1. The van der Waals surface area contributed by atoms with Crippen molar-refractivity contribution >= 4 is 17.5 Å². The fourth-order valence-electron chi connectivity index (χ4n) is 2.32. The number of amides is 2. The monoisotopic (exact) mass is 262 g/mol. The van der Waals surface area contributed by atoms with Gasteiger partial charge in [-0.25, -0.2) is 4.98 Å². The fraction of sp³-hybridized carbons (Fsp3) is 0.462. The summed E-state index contributed by atoms with van der Waals surface area (Å²) < 4.78 is 0. The third kappa shape index (κ3) is 2.52. The van der Waals surface area contributed by atoms with Crippen molar-refractivity contribution in [3.8, 4) is 0 Å². The highest BCUT2D eigenvalue weighted by Gasteiger charge is 2.41. The van der Waals surface area contributed by atoms with Crippen LogP contribution in [0.5, 0.6) is 0 Å². The molecule has 1 fully saturated rings. The van der Waals surface area contributed by atoms with Crippen LogP contribution < -0.4 is 11.1 Å². The van der Waals surface area contributed by atoms with Gasteiger partial charge >= 0.3 is 0 Å². The molecule has 6 heteroatoms. The lowest BCUT2D eigenvalue weighted by Crippen LogP contribution is -2.40. The highest BCUT2D eigenvalue weighted by atomic mass is 16.2. The number of nitrogens with one attached hydrogen (secondary N) is 1. The normalized spacial score (nSPS) is 22.3. The number of rotatable bonds is 2. The minimum Gasteiger partial charge on any atom is -0.397 e. The van der Waals surface area contributed by atoms with Crippen LogP contribution in [0.4, 0.5) is 5.69 Å². The molecule has 102 valence electrons. The Morgan fingerprint density at radius 3 is 2.79 bits per heavy atom. The third-order valence-corrected chi connectivity index (χ3v) is 3.54. The number of nitrogens with two attached hydrogens (primary N) is 1. The Kier molecular flexibility index (Phi) is 3.42. The molecule has 3 N–H and O–H groups in total. The first kappa shape index (κ1) is 13.3. The molecule has 0 aromatic carbocycles. The Hall–Kier alpha value is -2.11. The number of anilines is 1. The topological polar surface area (TPSA) is 88.3 Å². The molecule has 2 heterocycles. The second-order valence-corrected chi connectivity index (χ2v) is 5.09. The van der Waals surface area contributed by atoms with E-state index in [0.29, 0.717) is 30.9 Å². The van der Waals surface area contributed by atoms with Gasteiger partial charge in [-0.2, -0.15) is 0 Å². The Bertz CT molecular complexity index is 500. The standard InChI is InChI=1S/C13H18N4O2/c1-13(12(19)15-2)5-6-17(8-13)11(18)10-4-3-9(14)7-16-10/h3-4,7H,5-6,8,14H2,1-2H3,(H,15,19). The summed E-state index contributed by atoms with van der Waals surface area (Å²) in [7, 11) is 1.61. The zero-order valence-electron chi connectivity index (χ0n) is 11.1. The van der Waals surface area contributed by atoms with Gasteiger partial charge in [-0.3, -0.25) is 9.59 Å². The average Bonchev–Trinajstić information content (AvgIpc) is 2.82. The second kappa shape index (κ2) is 4.87. The van der Waals surface area contributed by atoms with Gasteiger partial charge in [0.2, 0.25) is 5.91 Å². The van der Waals surface area contributed by atoms with Crippen molar-refractivity contribution in [2.75, 3.05) is 25.9 Å². The Morgan fingerprint density at radius 2 is 2.21 bits per heavy atom. The van der Waals surface area contributed by atoms with Gasteiger partial charge in [-0.1, -0.05) is 0 Å². The summed E-state index contributed by atoms with van der Waals surface area (Å²) in [6.45, 7) is 2.85. The minimum atomic E-state index is -0.516. The molecular formula is C13H18N4O2. The van der Waals surface area contributed by atoms with E-state index >= 15 is 0 Å². The molecular weight excluding hydrogens is 244 g/mol. The van der Waals surface area contributed by atoms with Crippen molar-refractivity contribution in [2.45, 2.75) is 13.3 Å². The van der Waals surface area contributed by atoms with Crippen molar-refractivity contribution in [1.82, 2.24) is 15.2 Å². The summed E-state index contributed by atoms with van der Waals surface area (Å²) in [6, 6.07) is 3.25. The zero-order valence-corrected chi connectivity index (χ0v) is 11.1. The number of pyridine rings is 1. The number of aromatic nitrogens is 1. The summed E-state index contributed by atoms with van der Waals surface area (Å²) in [6.07, 6.45) is 2.12. The molecule has 6 nitrogen and oxygen atoms in total. The van der Waals surface area contributed by atoms with E-state index in [-0.39, 0.29) is 11.8 Å². The van der Waals surface area contributed by atoms with Crippen LogP contribution in [0, 0.1) is 5.41 Å². The van der Waals surface area contributed by atoms with Crippen LogP contribution in [0.1, 0.15) is 23.8 Å². The Balaban J connectivity index is 2.11. The van der Waals surface area contributed by atoms with E-state index in [1.54, 1.807) is 24.1 Å². The summed E-state index contributed by atoms with van der Waals surface area (Å²) in [4.78, 5) is 29.7. The molecule has 1 aliphatic heterocycles. The van der Waals surface area contributed by atoms with Gasteiger partial charge in [0.15, 0.2) is 0 Å². The Labute approximate surface area is 112 Å². The number of nitrogen functional groups attached to an aromatic ring is 1. The van der Waals surface area contributed by atoms with Gasteiger partial charge in [0.25, 0.3) is 5.91 Å². The van der Waals surface area contributed by atoms with Crippen molar-refractivity contribution in [2.24, 2.45) is 5.41 Å². The first-order valence-electron chi connectivity index (χ1n) is 6.19. The van der Waals surface area contributed by atoms with Gasteiger partial charge in [-0.05, 0) is 25.5 Å². The molecule has 0 aliphatic carbocycles. The number of hydrogen-bond acceptors (Lipinski definition) is 4. The summed E-state index contributed by atoms with van der Waals surface area (Å²) in [5.41, 5.74) is 5.90. The lowest BCUT2D eigenvalue weighted by atomic mass is 9.89. The molecule has 2 amide bonds. The van der Waals surface area contributed by atoms with Crippen LogP contribution in [-0.2, 0) is 4.79 Å². The minimum absolute atomic E-state index is 0.0342. The predicted molar refractivity (Wildman–Crippen MR) is 71.3 cm³/mol. The zero-order chi connectivity index (χ0) is 14.0. The van der Waals surface area contributed by atoms with Crippen LogP contribution in [0.3, 0.4) is 0 Å². The van der Waals surface area contributed by atoms with Gasteiger partial charge < -0.3 is 16.0 Å². The molecule has 1 aromatic rings. The van der Waals surface area contributed by atoms with Gasteiger partial charge in [0, 0.05) is 20.1 Å². The lowest BCUT2D eigenvalue weighted by Gasteiger charge is -2.22. The van der Waals surface area contributed by atoms with Gasteiger partial charge in [0.1, 0.15) is 5.69 Å². The molecule has 1 aromatic heterocycles. The van der Waals surface area contributed by atoms with E-state index in [1.807, 2.05) is 6.92 Å². The van der Waals surface area contributed by atoms with E-state index in [9.17, 15) is 9.59 Å². The third-order valence-electron chi connectivity index (χ3n) is 3.54. The first-order valence-corrected chi connectivity index (χ1v) is 6.19. The maximum absolute atomic E-state index is 12.2. The molecule has 1 atom stereocenters. The summed E-state index contributed by atoms with van der Waals surface area (Å²) in [5, 5.41) is 2.65. The van der Waals surface area contributed by atoms with Crippen LogP contribution >= 0.6 is 0 Å². The second-order valence-electron chi connectivity index (χ2n) is 5.09. The predicted octanol–water partition coefficient (Wildman–Crippen LogP) is 0.262. The van der Waals surface area contributed by atoms with Gasteiger partial charge in [0.05, 0.1) is 17.3 Å². The lowest BCUT2D eigenvalue weighted by molar-refractivity contribution is -0.128. The van der Waals surface area contributed by atoms with E-state index in [2.05, 4.69) is 10.3 Å². The largest absolute Gasteiger partial charge is 0.397 e. The molecule has 1 saturated heterocycles. The van der Waals surface area contributed by atoms with E-state index in [0.717, 1.165) is 0 Å². The summed E-state index contributed by atoms with van der Waals surface area (Å²) >= 11 is 0. The number of carbonyl (C=O) groups is 2. The quantitative estimate of drug-likeness (QED) is 0.800. The van der Waals surface area contributed by atoms with Crippen molar-refractivity contribution < 1.29 is 9.59 Å². The molecule has 19 heavy (non-hydrogen) atoms. The van der Waals surface area contributed by atoms with Crippen LogP contribution in [0.2, 0.25) is 0 Å². The number of hydrogen-bond donors (Lipinski definition) is 2. The van der Waals surface area contributed by atoms with Crippen molar-refractivity contribution in [1.29, 1.82) is 0 Å². The molecule has 2 rings (SSSR count). The van der Waals surface area contributed by atoms with Crippen LogP contribution in [-0.4, -0.2) is 41.8 Å². The van der Waals surface area contributed by atoms with Crippen molar-refractivity contribution in [3.63, 3.8) is 0 Å². The number of carbonyl (C=O) groups excluding carboxylic acids is 2. The maximum atomic E-state index is 12.2. The highest BCUT2D eigenvalue weighted by molar-refractivity contribution is 5.93. The van der Waals surface area contributed by atoms with E-state index in [4.69, 9.17) is 5.73 Å². The molecule has 1 aliphatic rings. The average molecular weight is 262 g/mol. The number of nitrogens with zero attached hydrogens (tertiary/aromatic N) is 2. The maximum Gasteiger partial charge on any atom is 0.272 e. The van der Waals surface area contributed by atoms with Gasteiger partial charge in [-0.15, -0.1) is 0 Å². The Morgan fingerprint density at radius 1 is 1.47 bits per heavy atom. The van der Waals surface area contributed by atoms with Crippen molar-refractivity contribution in [3.05, 3.63) is 24.0 Å². The van der Waals surface area contributed by atoms with Crippen LogP contribution in [0.15, 0.2) is 18.3 Å². The summed E-state index contributed by atoms with van der Waals surface area (Å²) in [5.74, 6) is -0.194. The highest BCUT2D eigenvalue weighted by Crippen LogP contribution is 2.30. The van der Waals surface area contributed by atoms with E-state index in [1.165, 1.54) is 6.20 Å². The fourth-order valence-corrected chi connectivity index (χ4v) is 2.32. The van der Waals surface area contributed by atoms with Crippen LogP contribution in [0.25, 0.3) is 0 Å².